The van der Waals surface area contributed by atoms with Crippen LogP contribution >= 0.6 is 11.3 Å². The van der Waals surface area contributed by atoms with Gasteiger partial charge in [0.25, 0.3) is 0 Å². The summed E-state index contributed by atoms with van der Waals surface area (Å²) in [4.78, 5) is 21.6. The average molecular weight is 428 g/mol. The van der Waals surface area contributed by atoms with Gasteiger partial charge in [-0.25, -0.2) is 4.98 Å². The van der Waals surface area contributed by atoms with Gasteiger partial charge in [-0.3, -0.25) is 9.69 Å². The lowest BCUT2D eigenvalue weighted by molar-refractivity contribution is -0.119. The molecule has 0 spiro atoms. The quantitative estimate of drug-likeness (QED) is 0.518. The maximum atomic E-state index is 13.0. The second-order valence-corrected chi connectivity index (χ2v) is 8.29. The van der Waals surface area contributed by atoms with Crippen LogP contribution in [0, 0.1) is 0 Å². The fraction of sp³-hybridized carbons (Fsp3) is 0.364. The Labute approximate surface area is 179 Å². The molecule has 2 aromatic carbocycles. The lowest BCUT2D eigenvalue weighted by atomic mass is 10.3. The van der Waals surface area contributed by atoms with Crippen LogP contribution in [0.25, 0.3) is 10.2 Å². The summed E-state index contributed by atoms with van der Waals surface area (Å²) >= 11 is 1.49. The summed E-state index contributed by atoms with van der Waals surface area (Å²) in [5, 5.41) is 0.692. The van der Waals surface area contributed by atoms with Crippen molar-refractivity contribution in [2.24, 2.45) is 0 Å². The Hall–Kier alpha value is -2.84. The van der Waals surface area contributed by atoms with Crippen LogP contribution in [0.1, 0.15) is 12.8 Å². The Kier molecular flexibility index (Phi) is 6.35. The number of carbonyl (C=O) groups is 1. The number of amides is 1. The molecule has 158 valence electrons. The van der Waals surface area contributed by atoms with Crippen LogP contribution in [0.15, 0.2) is 42.5 Å². The zero-order valence-corrected chi connectivity index (χ0v) is 18.0. The summed E-state index contributed by atoms with van der Waals surface area (Å²) in [6, 6.07) is 13.3. The number of hydrogen-bond donors (Lipinski definition) is 0. The first-order chi connectivity index (χ1) is 14.6. The summed E-state index contributed by atoms with van der Waals surface area (Å²) < 4.78 is 17.6. The SMILES string of the molecule is CN(C)CCCN(C(=O)CCOc1ccccc1)c1nc2cc3c(cc2s1)OCO3. The molecule has 1 aromatic heterocycles. The Morgan fingerprint density at radius 1 is 1.13 bits per heavy atom. The number of fused-ring (bicyclic) bond motifs is 2. The van der Waals surface area contributed by atoms with Gasteiger partial charge in [0.05, 0.1) is 23.2 Å². The van der Waals surface area contributed by atoms with E-state index in [1.165, 1.54) is 11.3 Å². The van der Waals surface area contributed by atoms with Gasteiger partial charge in [-0.15, -0.1) is 0 Å². The number of para-hydroxylation sites is 1. The molecule has 0 atom stereocenters. The van der Waals surface area contributed by atoms with Crippen LogP contribution in [0.4, 0.5) is 5.13 Å². The van der Waals surface area contributed by atoms with E-state index in [9.17, 15) is 4.79 Å². The van der Waals surface area contributed by atoms with Gasteiger partial charge in [0.15, 0.2) is 16.6 Å². The third kappa shape index (κ3) is 4.83. The standard InChI is InChI=1S/C22H25N3O4S/c1-24(2)10-6-11-25(21(26)9-12-27-16-7-4-3-5-8-16)22-23-17-13-18-19(29-15-28-18)14-20(17)30-22/h3-5,7-8,13-14H,6,9-12,15H2,1-2H3. The van der Waals surface area contributed by atoms with Gasteiger partial charge in [0.2, 0.25) is 12.7 Å². The molecular formula is C22H25N3O4S. The van der Waals surface area contributed by atoms with Crippen molar-refractivity contribution in [2.75, 3.05) is 45.5 Å². The summed E-state index contributed by atoms with van der Waals surface area (Å²) in [5.41, 5.74) is 0.810. The zero-order valence-electron chi connectivity index (χ0n) is 17.2. The molecule has 0 saturated heterocycles. The largest absolute Gasteiger partial charge is 0.493 e. The van der Waals surface area contributed by atoms with Crippen molar-refractivity contribution in [3.05, 3.63) is 42.5 Å². The van der Waals surface area contributed by atoms with Gasteiger partial charge in [-0.1, -0.05) is 29.5 Å². The first kappa shape index (κ1) is 20.4. The van der Waals surface area contributed by atoms with Gasteiger partial charge in [-0.05, 0) is 39.2 Å². The van der Waals surface area contributed by atoms with Crippen LogP contribution in [-0.4, -0.2) is 56.4 Å². The van der Waals surface area contributed by atoms with Crippen LogP contribution in [0.2, 0.25) is 0 Å². The fourth-order valence-electron chi connectivity index (χ4n) is 3.20. The molecule has 8 heteroatoms. The Balaban J connectivity index is 1.48. The van der Waals surface area contributed by atoms with Crippen molar-refractivity contribution in [2.45, 2.75) is 12.8 Å². The number of aromatic nitrogens is 1. The van der Waals surface area contributed by atoms with Gasteiger partial charge < -0.3 is 19.1 Å². The molecule has 0 aliphatic carbocycles. The van der Waals surface area contributed by atoms with Crippen LogP contribution < -0.4 is 19.1 Å². The van der Waals surface area contributed by atoms with E-state index in [0.29, 0.717) is 24.0 Å². The summed E-state index contributed by atoms with van der Waals surface area (Å²) in [5.74, 6) is 2.18. The lowest BCUT2D eigenvalue weighted by Gasteiger charge is -2.21. The highest BCUT2D eigenvalue weighted by molar-refractivity contribution is 7.22. The number of benzene rings is 2. The molecule has 1 amide bonds. The summed E-state index contributed by atoms with van der Waals surface area (Å²) in [6.45, 7) is 2.06. The molecule has 0 N–H and O–H groups in total. The molecule has 4 rings (SSSR count). The topological polar surface area (TPSA) is 64.1 Å². The minimum Gasteiger partial charge on any atom is -0.493 e. The van der Waals surface area contributed by atoms with E-state index in [2.05, 4.69) is 4.90 Å². The minimum absolute atomic E-state index is 0.00350. The zero-order chi connectivity index (χ0) is 20.9. The molecule has 1 aliphatic rings. The second kappa shape index (κ2) is 9.32. The van der Waals surface area contributed by atoms with Gasteiger partial charge in [0, 0.05) is 18.7 Å². The highest BCUT2D eigenvalue weighted by Gasteiger charge is 2.22. The van der Waals surface area contributed by atoms with E-state index in [0.717, 1.165) is 34.7 Å². The second-order valence-electron chi connectivity index (χ2n) is 7.28. The van der Waals surface area contributed by atoms with Crippen molar-refractivity contribution in [3.8, 4) is 17.2 Å². The van der Waals surface area contributed by atoms with E-state index in [-0.39, 0.29) is 19.1 Å². The van der Waals surface area contributed by atoms with Crippen molar-refractivity contribution in [3.63, 3.8) is 0 Å². The van der Waals surface area contributed by atoms with Gasteiger partial charge in [-0.2, -0.15) is 0 Å². The monoisotopic (exact) mass is 427 g/mol. The number of anilines is 1. The molecule has 3 aromatic rings. The first-order valence-corrected chi connectivity index (χ1v) is 10.7. The molecule has 0 fully saturated rings. The predicted octanol–water partition coefficient (Wildman–Crippen LogP) is 3.78. The number of rotatable bonds is 9. The molecule has 0 saturated carbocycles. The Morgan fingerprint density at radius 2 is 1.90 bits per heavy atom. The molecule has 1 aliphatic heterocycles. The molecule has 0 bridgehead atoms. The molecule has 30 heavy (non-hydrogen) atoms. The number of nitrogens with zero attached hydrogens (tertiary/aromatic N) is 3. The van der Waals surface area contributed by atoms with Crippen molar-refractivity contribution in [1.29, 1.82) is 0 Å². The van der Waals surface area contributed by atoms with E-state index in [1.807, 2.05) is 56.6 Å². The van der Waals surface area contributed by atoms with Crippen LogP contribution in [0.3, 0.4) is 0 Å². The van der Waals surface area contributed by atoms with E-state index in [1.54, 1.807) is 4.90 Å². The Bertz CT molecular complexity index is 965. The highest BCUT2D eigenvalue weighted by atomic mass is 32.1. The predicted molar refractivity (Wildman–Crippen MR) is 118 cm³/mol. The van der Waals surface area contributed by atoms with Crippen molar-refractivity contribution >= 4 is 32.6 Å². The number of thiazole rings is 1. The minimum atomic E-state index is 0.00350. The normalized spacial score (nSPS) is 12.5. The number of carbonyl (C=O) groups excluding carboxylic acids is 1. The Morgan fingerprint density at radius 3 is 2.67 bits per heavy atom. The molecular weight excluding hydrogens is 402 g/mol. The maximum absolute atomic E-state index is 13.0. The average Bonchev–Trinajstić information content (AvgIpc) is 3.35. The van der Waals surface area contributed by atoms with E-state index in [4.69, 9.17) is 19.2 Å². The fourth-order valence-corrected chi connectivity index (χ4v) is 4.22. The van der Waals surface area contributed by atoms with Crippen LogP contribution in [0.5, 0.6) is 17.2 Å². The number of hydrogen-bond acceptors (Lipinski definition) is 7. The lowest BCUT2D eigenvalue weighted by Crippen LogP contribution is -2.34. The third-order valence-electron chi connectivity index (χ3n) is 4.72. The molecule has 0 unspecified atom stereocenters. The van der Waals surface area contributed by atoms with E-state index >= 15 is 0 Å². The third-order valence-corrected chi connectivity index (χ3v) is 5.76. The van der Waals surface area contributed by atoms with Gasteiger partial charge in [0.1, 0.15) is 5.75 Å². The summed E-state index contributed by atoms with van der Waals surface area (Å²) in [6.07, 6.45) is 1.15. The molecule has 0 radical (unpaired) electrons. The molecule has 7 nitrogen and oxygen atoms in total. The first-order valence-electron chi connectivity index (χ1n) is 9.93. The van der Waals surface area contributed by atoms with Crippen molar-refractivity contribution < 1.29 is 19.0 Å². The highest BCUT2D eigenvalue weighted by Crippen LogP contribution is 2.39. The van der Waals surface area contributed by atoms with Gasteiger partial charge >= 0.3 is 0 Å². The maximum Gasteiger partial charge on any atom is 0.232 e. The van der Waals surface area contributed by atoms with E-state index < -0.39 is 0 Å². The molecule has 2 heterocycles. The van der Waals surface area contributed by atoms with Crippen LogP contribution in [-0.2, 0) is 4.79 Å². The summed E-state index contributed by atoms with van der Waals surface area (Å²) in [7, 11) is 4.05. The number of ether oxygens (including phenoxy) is 3. The smallest absolute Gasteiger partial charge is 0.232 e. The van der Waals surface area contributed by atoms with Crippen molar-refractivity contribution in [1.82, 2.24) is 9.88 Å².